The van der Waals surface area contributed by atoms with Crippen LogP contribution < -0.4 is 0 Å². The van der Waals surface area contributed by atoms with Crippen LogP contribution in [0.25, 0.3) is 17.4 Å². The minimum Gasteiger partial charge on any atom is -0.457 e. The van der Waals surface area contributed by atoms with Crippen LogP contribution >= 0.6 is 11.8 Å². The largest absolute Gasteiger partial charge is 0.457 e. The molecule has 1 aliphatic heterocycles. The van der Waals surface area contributed by atoms with Crippen LogP contribution in [0.1, 0.15) is 18.2 Å². The van der Waals surface area contributed by atoms with E-state index in [2.05, 4.69) is 6.07 Å². The fourth-order valence-corrected chi connectivity index (χ4v) is 3.16. The Bertz CT molecular complexity index is 861. The first kappa shape index (κ1) is 15.1. The molecule has 1 aromatic heterocycles. The van der Waals surface area contributed by atoms with Gasteiger partial charge in [0.25, 0.3) is 11.1 Å². The third-order valence-corrected chi connectivity index (χ3v) is 4.31. The third-order valence-electron chi connectivity index (χ3n) is 3.40. The lowest BCUT2D eigenvalue weighted by Crippen LogP contribution is -2.27. The average molecular weight is 324 g/mol. The summed E-state index contributed by atoms with van der Waals surface area (Å²) < 4.78 is 5.70. The number of thioether (sulfide) groups is 1. The van der Waals surface area contributed by atoms with Gasteiger partial charge in [-0.1, -0.05) is 12.1 Å². The molecule has 23 heavy (non-hydrogen) atoms. The van der Waals surface area contributed by atoms with E-state index >= 15 is 0 Å². The number of nitriles is 1. The van der Waals surface area contributed by atoms with Crippen molar-refractivity contribution in [3.8, 4) is 17.4 Å². The van der Waals surface area contributed by atoms with Crippen LogP contribution in [0, 0.1) is 11.3 Å². The van der Waals surface area contributed by atoms with E-state index in [1.54, 1.807) is 43.3 Å². The molecule has 3 rings (SSSR count). The van der Waals surface area contributed by atoms with Gasteiger partial charge < -0.3 is 4.42 Å². The van der Waals surface area contributed by atoms with Crippen molar-refractivity contribution >= 4 is 29.0 Å². The van der Waals surface area contributed by atoms with Gasteiger partial charge in [-0.25, -0.2) is 0 Å². The number of nitrogens with zero attached hydrogens (tertiary/aromatic N) is 2. The summed E-state index contributed by atoms with van der Waals surface area (Å²) in [5.74, 6) is 0.704. The molecule has 0 aliphatic carbocycles. The lowest BCUT2D eigenvalue weighted by atomic mass is 10.1. The molecule has 0 saturated carbocycles. The minimum atomic E-state index is -0.308. The van der Waals surface area contributed by atoms with Gasteiger partial charge in [-0.15, -0.1) is 0 Å². The zero-order valence-corrected chi connectivity index (χ0v) is 13.1. The first-order valence-corrected chi connectivity index (χ1v) is 7.80. The van der Waals surface area contributed by atoms with Gasteiger partial charge in [0.15, 0.2) is 0 Å². The van der Waals surface area contributed by atoms with E-state index in [-0.39, 0.29) is 11.1 Å². The van der Waals surface area contributed by atoms with Crippen molar-refractivity contribution in [3.05, 3.63) is 52.6 Å². The summed E-state index contributed by atoms with van der Waals surface area (Å²) in [6.07, 6.45) is 1.55. The van der Waals surface area contributed by atoms with E-state index in [4.69, 9.17) is 9.68 Å². The van der Waals surface area contributed by atoms with Crippen molar-refractivity contribution in [2.24, 2.45) is 0 Å². The van der Waals surface area contributed by atoms with E-state index < -0.39 is 0 Å². The van der Waals surface area contributed by atoms with Crippen LogP contribution in [0.2, 0.25) is 0 Å². The Kier molecular flexibility index (Phi) is 4.04. The number of hydrogen-bond donors (Lipinski definition) is 0. The van der Waals surface area contributed by atoms with E-state index in [9.17, 15) is 9.59 Å². The zero-order chi connectivity index (χ0) is 16.4. The molecule has 1 aromatic carbocycles. The number of imide groups is 1. The van der Waals surface area contributed by atoms with Gasteiger partial charge in [0, 0.05) is 18.2 Å². The second kappa shape index (κ2) is 6.15. The number of amides is 2. The Labute approximate surface area is 137 Å². The molecule has 1 aliphatic rings. The summed E-state index contributed by atoms with van der Waals surface area (Å²) in [5.41, 5.74) is 1.20. The SMILES string of the molecule is CCN1C(=O)SC(=Cc2ccc(-c3ccccc3C#N)o2)C1=O. The monoisotopic (exact) mass is 324 g/mol. The highest BCUT2D eigenvalue weighted by atomic mass is 32.2. The molecule has 0 N–H and O–H groups in total. The summed E-state index contributed by atoms with van der Waals surface area (Å²) in [4.78, 5) is 25.3. The molecular formula is C17H12N2O3S. The lowest BCUT2D eigenvalue weighted by Gasteiger charge is -2.06. The van der Waals surface area contributed by atoms with Crippen molar-refractivity contribution in [2.45, 2.75) is 6.92 Å². The highest BCUT2D eigenvalue weighted by Crippen LogP contribution is 2.33. The number of carbonyl (C=O) groups excluding carboxylic acids is 2. The number of carbonyl (C=O) groups is 2. The van der Waals surface area contributed by atoms with Crippen molar-refractivity contribution in [1.29, 1.82) is 5.26 Å². The van der Waals surface area contributed by atoms with Gasteiger partial charge in [-0.3, -0.25) is 14.5 Å². The molecule has 0 radical (unpaired) electrons. The summed E-state index contributed by atoms with van der Waals surface area (Å²) in [5, 5.41) is 8.87. The van der Waals surface area contributed by atoms with Crippen LogP contribution in [-0.2, 0) is 4.79 Å². The van der Waals surface area contributed by atoms with Crippen molar-refractivity contribution < 1.29 is 14.0 Å². The second-order valence-corrected chi connectivity index (χ2v) is 5.78. The maximum absolute atomic E-state index is 12.1. The van der Waals surface area contributed by atoms with Crippen molar-refractivity contribution in [2.75, 3.05) is 6.54 Å². The van der Waals surface area contributed by atoms with E-state index in [0.29, 0.717) is 34.1 Å². The third kappa shape index (κ3) is 2.79. The normalized spacial score (nSPS) is 16.2. The van der Waals surface area contributed by atoms with Gasteiger partial charge in [0.05, 0.1) is 16.5 Å². The molecule has 1 saturated heterocycles. The van der Waals surface area contributed by atoms with E-state index in [1.807, 2.05) is 6.07 Å². The Morgan fingerprint density at radius 3 is 2.74 bits per heavy atom. The molecule has 2 amide bonds. The summed E-state index contributed by atoms with van der Waals surface area (Å²) in [7, 11) is 0. The van der Waals surface area contributed by atoms with Crippen LogP contribution in [0.5, 0.6) is 0 Å². The topological polar surface area (TPSA) is 74.3 Å². The van der Waals surface area contributed by atoms with E-state index in [1.165, 1.54) is 4.90 Å². The van der Waals surface area contributed by atoms with Crippen LogP contribution in [-0.4, -0.2) is 22.6 Å². The predicted molar refractivity (Wildman–Crippen MR) is 87.2 cm³/mol. The van der Waals surface area contributed by atoms with Gasteiger partial charge in [-0.05, 0) is 43.0 Å². The minimum absolute atomic E-state index is 0.273. The fraction of sp³-hybridized carbons (Fsp3) is 0.118. The number of likely N-dealkylation sites (N-methyl/N-ethyl adjacent to an activating group) is 1. The average Bonchev–Trinajstić information content (AvgIpc) is 3.12. The Balaban J connectivity index is 1.92. The molecule has 0 spiro atoms. The fourth-order valence-electron chi connectivity index (χ4n) is 2.27. The second-order valence-electron chi connectivity index (χ2n) is 4.79. The smallest absolute Gasteiger partial charge is 0.293 e. The van der Waals surface area contributed by atoms with Gasteiger partial charge in [0.2, 0.25) is 0 Å². The zero-order valence-electron chi connectivity index (χ0n) is 12.3. The molecule has 114 valence electrons. The predicted octanol–water partition coefficient (Wildman–Crippen LogP) is 3.87. The molecule has 2 heterocycles. The molecule has 5 nitrogen and oxygen atoms in total. The molecule has 2 aromatic rings. The highest BCUT2D eigenvalue weighted by molar-refractivity contribution is 8.18. The summed E-state index contributed by atoms with van der Waals surface area (Å²) in [6, 6.07) is 12.7. The maximum Gasteiger partial charge on any atom is 0.293 e. The van der Waals surface area contributed by atoms with Crippen molar-refractivity contribution in [3.63, 3.8) is 0 Å². The molecule has 1 fully saturated rings. The van der Waals surface area contributed by atoms with Crippen LogP contribution in [0.15, 0.2) is 45.7 Å². The van der Waals surface area contributed by atoms with Crippen LogP contribution in [0.4, 0.5) is 4.79 Å². The summed E-state index contributed by atoms with van der Waals surface area (Å²) >= 11 is 0.900. The highest BCUT2D eigenvalue weighted by Gasteiger charge is 2.33. The molecule has 0 bridgehead atoms. The van der Waals surface area contributed by atoms with Gasteiger partial charge >= 0.3 is 0 Å². The number of benzene rings is 1. The van der Waals surface area contributed by atoms with Gasteiger partial charge in [0.1, 0.15) is 11.5 Å². The Morgan fingerprint density at radius 1 is 1.26 bits per heavy atom. The standard InChI is InChI=1S/C17H12N2O3S/c1-2-19-16(20)15(23-17(19)21)9-12-7-8-14(22-12)13-6-4-3-5-11(13)10-18/h3-9H,2H2,1H3. The quantitative estimate of drug-likeness (QED) is 0.801. The Morgan fingerprint density at radius 2 is 2.04 bits per heavy atom. The Hall–Kier alpha value is -2.78. The molecule has 0 unspecified atom stereocenters. The molecular weight excluding hydrogens is 312 g/mol. The molecule has 0 atom stereocenters. The van der Waals surface area contributed by atoms with Gasteiger partial charge in [-0.2, -0.15) is 5.26 Å². The van der Waals surface area contributed by atoms with Crippen molar-refractivity contribution in [1.82, 2.24) is 4.90 Å². The number of furan rings is 1. The first-order valence-electron chi connectivity index (χ1n) is 6.98. The maximum atomic E-state index is 12.1. The number of rotatable bonds is 3. The molecule has 6 heteroatoms. The number of hydrogen-bond acceptors (Lipinski definition) is 5. The first-order chi connectivity index (χ1) is 11.1. The van der Waals surface area contributed by atoms with E-state index in [0.717, 1.165) is 11.8 Å². The summed E-state index contributed by atoms with van der Waals surface area (Å²) in [6.45, 7) is 2.10. The lowest BCUT2D eigenvalue weighted by molar-refractivity contribution is -0.122. The van der Waals surface area contributed by atoms with Crippen LogP contribution in [0.3, 0.4) is 0 Å².